The van der Waals surface area contributed by atoms with E-state index in [9.17, 15) is 19.2 Å². The second-order valence-corrected chi connectivity index (χ2v) is 13.5. The van der Waals surface area contributed by atoms with Crippen molar-refractivity contribution in [3.05, 3.63) is 132 Å². The van der Waals surface area contributed by atoms with E-state index in [2.05, 4.69) is 15.6 Å². The number of nitrogens with one attached hydrogen (secondary N) is 2. The molecule has 1 saturated heterocycles. The van der Waals surface area contributed by atoms with Crippen molar-refractivity contribution in [1.82, 2.24) is 10.3 Å². The number of rotatable bonds is 12. The van der Waals surface area contributed by atoms with Gasteiger partial charge in [-0.1, -0.05) is 36.4 Å². The maximum absolute atomic E-state index is 13.8. The number of benzene rings is 5. The zero-order valence-corrected chi connectivity index (χ0v) is 30.7. The average Bonchev–Trinajstić information content (AvgIpc) is 3.77. The molecule has 2 heterocycles. The lowest BCUT2D eigenvalue weighted by Crippen LogP contribution is -2.31. The van der Waals surface area contributed by atoms with E-state index in [4.69, 9.17) is 18.6 Å². The molecule has 7 rings (SSSR count). The first-order valence-corrected chi connectivity index (χ1v) is 17.9. The van der Waals surface area contributed by atoms with Gasteiger partial charge in [0.2, 0.25) is 23.5 Å². The number of ether oxygens (including phenoxy) is 3. The van der Waals surface area contributed by atoms with E-state index in [1.165, 1.54) is 44.1 Å². The van der Waals surface area contributed by atoms with Crippen molar-refractivity contribution in [2.75, 3.05) is 31.5 Å². The normalized spacial score (nSPS) is 14.2. The number of aromatic nitrogens is 1. The van der Waals surface area contributed by atoms with Crippen LogP contribution in [0, 0.1) is 0 Å². The number of amides is 4. The van der Waals surface area contributed by atoms with E-state index < -0.39 is 17.1 Å². The zero-order valence-electron chi connectivity index (χ0n) is 29.9. The summed E-state index contributed by atoms with van der Waals surface area (Å²) in [5.41, 5.74) is 3.75. The number of imide groups is 1. The van der Waals surface area contributed by atoms with Crippen LogP contribution in [-0.2, 0) is 14.4 Å². The number of carbonyl (C=O) groups excluding carboxylic acids is 4. The number of oxazole rings is 1. The summed E-state index contributed by atoms with van der Waals surface area (Å²) >= 11 is 1.22. The van der Waals surface area contributed by atoms with Gasteiger partial charge < -0.3 is 29.3 Å². The highest BCUT2D eigenvalue weighted by Crippen LogP contribution is 2.39. The topological polar surface area (TPSA) is 149 Å². The molecule has 0 aliphatic carbocycles. The lowest BCUT2D eigenvalue weighted by atomic mass is 10.1. The average molecular weight is 755 g/mol. The van der Waals surface area contributed by atoms with Crippen molar-refractivity contribution in [1.29, 1.82) is 0 Å². The van der Waals surface area contributed by atoms with Crippen molar-refractivity contribution in [2.45, 2.75) is 16.6 Å². The lowest BCUT2D eigenvalue weighted by Gasteiger charge is -2.16. The van der Waals surface area contributed by atoms with Crippen molar-refractivity contribution < 1.29 is 37.8 Å². The van der Waals surface area contributed by atoms with Crippen LogP contribution in [0.25, 0.3) is 28.6 Å². The van der Waals surface area contributed by atoms with E-state index in [-0.39, 0.29) is 23.9 Å². The first-order valence-electron chi connectivity index (χ1n) is 17.0. The minimum Gasteiger partial charge on any atom is -0.493 e. The minimum atomic E-state index is -0.684. The molecule has 0 radical (unpaired) electrons. The van der Waals surface area contributed by atoms with E-state index >= 15 is 0 Å². The number of thioether (sulfide) groups is 1. The van der Waals surface area contributed by atoms with Gasteiger partial charge in [-0.3, -0.25) is 19.2 Å². The second kappa shape index (κ2) is 16.0. The first-order chi connectivity index (χ1) is 26.7. The summed E-state index contributed by atoms with van der Waals surface area (Å²) in [5, 5.41) is 4.89. The second-order valence-electron chi connectivity index (χ2n) is 12.2. The number of carbonyl (C=O) groups is 4. The summed E-state index contributed by atoms with van der Waals surface area (Å²) in [6, 6.07) is 33.1. The molecule has 0 saturated carbocycles. The summed E-state index contributed by atoms with van der Waals surface area (Å²) in [6.45, 7) is 0. The van der Waals surface area contributed by atoms with Crippen LogP contribution < -0.4 is 29.7 Å². The Labute approximate surface area is 320 Å². The van der Waals surface area contributed by atoms with Crippen molar-refractivity contribution in [3.8, 4) is 28.7 Å². The van der Waals surface area contributed by atoms with Gasteiger partial charge in [-0.05, 0) is 90.5 Å². The minimum absolute atomic E-state index is 0.000155. The molecule has 55 heavy (non-hydrogen) atoms. The molecule has 5 aromatic carbocycles. The number of para-hydroxylation sites is 2. The Balaban J connectivity index is 1.08. The van der Waals surface area contributed by atoms with Crippen LogP contribution >= 0.6 is 11.8 Å². The molecule has 6 aromatic rings. The van der Waals surface area contributed by atoms with Gasteiger partial charge in [-0.2, -0.15) is 0 Å². The predicted molar refractivity (Wildman–Crippen MR) is 209 cm³/mol. The van der Waals surface area contributed by atoms with E-state index in [0.29, 0.717) is 61.7 Å². The highest BCUT2D eigenvalue weighted by atomic mass is 32.2. The molecule has 1 aliphatic heterocycles. The molecule has 276 valence electrons. The standard InChI is InChI=1S/C42H34N4O8S/c1-51-34-21-25(22-35(52-2)38(34)53-3)20-32(44-39(48)26-10-5-4-6-11-26)40(49)43-28-12-9-13-30(23-28)55-36-24-37(47)46(42(36)50)29-18-16-27(17-19-29)41-45-31-14-7-8-15-33(31)54-41/h4-23,36H,24H2,1-3H3,(H,43,49)(H,44,48)/b32-20-/t36-/m0/s1. The Morgan fingerprint density at radius 2 is 1.55 bits per heavy atom. The lowest BCUT2D eigenvalue weighted by molar-refractivity contribution is -0.121. The molecular formula is C42H34N4O8S. The number of anilines is 2. The highest BCUT2D eigenvalue weighted by Gasteiger charge is 2.40. The van der Waals surface area contributed by atoms with Crippen LogP contribution in [-0.4, -0.2) is 55.2 Å². The fourth-order valence-corrected chi connectivity index (χ4v) is 7.13. The predicted octanol–water partition coefficient (Wildman–Crippen LogP) is 7.35. The molecule has 1 aromatic heterocycles. The third kappa shape index (κ3) is 7.92. The summed E-state index contributed by atoms with van der Waals surface area (Å²) < 4.78 is 22.2. The summed E-state index contributed by atoms with van der Waals surface area (Å²) in [7, 11) is 4.44. The van der Waals surface area contributed by atoms with Gasteiger partial charge >= 0.3 is 0 Å². The molecule has 0 spiro atoms. The van der Waals surface area contributed by atoms with Crippen LogP contribution in [0.1, 0.15) is 22.3 Å². The molecule has 13 heteroatoms. The molecule has 2 N–H and O–H groups in total. The van der Waals surface area contributed by atoms with Crippen LogP contribution in [0.4, 0.5) is 11.4 Å². The molecule has 1 atom stereocenters. The third-order valence-electron chi connectivity index (χ3n) is 8.67. The maximum atomic E-state index is 13.8. The molecule has 1 fully saturated rings. The fourth-order valence-electron chi connectivity index (χ4n) is 6.02. The summed E-state index contributed by atoms with van der Waals surface area (Å²) in [5.74, 6) is -0.237. The highest BCUT2D eigenvalue weighted by molar-refractivity contribution is 8.00. The molecule has 0 bridgehead atoms. The van der Waals surface area contributed by atoms with E-state index in [0.717, 1.165) is 5.52 Å². The van der Waals surface area contributed by atoms with Gasteiger partial charge in [-0.15, -0.1) is 11.8 Å². The Hall–Kier alpha value is -6.86. The zero-order chi connectivity index (χ0) is 38.5. The van der Waals surface area contributed by atoms with Gasteiger partial charge in [0.15, 0.2) is 17.1 Å². The third-order valence-corrected chi connectivity index (χ3v) is 9.85. The quantitative estimate of drug-likeness (QED) is 0.0959. The molecule has 1 aliphatic rings. The van der Waals surface area contributed by atoms with Crippen LogP contribution in [0.5, 0.6) is 17.2 Å². The Bertz CT molecular complexity index is 2390. The molecule has 0 unspecified atom stereocenters. The fraction of sp³-hybridized carbons (Fsp3) is 0.119. The smallest absolute Gasteiger partial charge is 0.272 e. The summed E-state index contributed by atoms with van der Waals surface area (Å²) in [4.78, 5) is 60.1. The Kier molecular flexibility index (Phi) is 10.6. The largest absolute Gasteiger partial charge is 0.493 e. The van der Waals surface area contributed by atoms with E-state index in [1.54, 1.807) is 91.0 Å². The molecule has 4 amide bonds. The Morgan fingerprint density at radius 1 is 0.836 bits per heavy atom. The van der Waals surface area contributed by atoms with Gasteiger partial charge in [0.1, 0.15) is 11.2 Å². The maximum Gasteiger partial charge on any atom is 0.272 e. The number of fused-ring (bicyclic) bond motifs is 1. The van der Waals surface area contributed by atoms with Gasteiger partial charge in [-0.25, -0.2) is 9.88 Å². The summed E-state index contributed by atoms with van der Waals surface area (Å²) in [6.07, 6.45) is 1.50. The van der Waals surface area contributed by atoms with E-state index in [1.807, 2.05) is 24.3 Å². The monoisotopic (exact) mass is 754 g/mol. The van der Waals surface area contributed by atoms with Crippen LogP contribution in [0.15, 0.2) is 130 Å². The van der Waals surface area contributed by atoms with Gasteiger partial charge in [0, 0.05) is 28.1 Å². The first kappa shape index (κ1) is 36.5. The number of methoxy groups -OCH3 is 3. The Morgan fingerprint density at radius 3 is 2.24 bits per heavy atom. The van der Waals surface area contributed by atoms with Gasteiger partial charge in [0.05, 0.1) is 32.3 Å². The number of hydrogen-bond acceptors (Lipinski definition) is 10. The molecular weight excluding hydrogens is 721 g/mol. The number of hydrogen-bond donors (Lipinski definition) is 2. The van der Waals surface area contributed by atoms with Crippen molar-refractivity contribution >= 4 is 63.9 Å². The SMILES string of the molecule is COc1cc(/C=C(\NC(=O)c2ccccc2)C(=O)Nc2cccc(S[C@H]3CC(=O)N(c4ccc(-c5nc6ccccc6o5)cc4)C3=O)c2)cc(OC)c1OC. The van der Waals surface area contributed by atoms with Crippen molar-refractivity contribution in [2.24, 2.45) is 0 Å². The van der Waals surface area contributed by atoms with Crippen LogP contribution in [0.3, 0.4) is 0 Å². The van der Waals surface area contributed by atoms with Gasteiger partial charge in [0.25, 0.3) is 11.8 Å². The van der Waals surface area contributed by atoms with Crippen LogP contribution in [0.2, 0.25) is 0 Å². The van der Waals surface area contributed by atoms with Crippen molar-refractivity contribution in [3.63, 3.8) is 0 Å². The molecule has 12 nitrogen and oxygen atoms in total. The number of nitrogens with zero attached hydrogens (tertiary/aromatic N) is 2.